The largest absolute Gasteiger partial charge is 0.416 e. The van der Waals surface area contributed by atoms with Gasteiger partial charge in [-0.05, 0) is 37.7 Å². The van der Waals surface area contributed by atoms with Crippen molar-refractivity contribution in [3.63, 3.8) is 0 Å². The van der Waals surface area contributed by atoms with E-state index in [1.54, 1.807) is 14.0 Å². The number of thiazole rings is 1. The number of anilines is 3. The Labute approximate surface area is 228 Å². The summed E-state index contributed by atoms with van der Waals surface area (Å²) in [4.78, 5) is 27.9. The maximum atomic E-state index is 13.9. The second-order valence-electron chi connectivity index (χ2n) is 8.24. The highest BCUT2D eigenvalue weighted by molar-refractivity contribution is 7.19. The minimum atomic E-state index is -4.57. The Morgan fingerprint density at radius 3 is 2.61 bits per heavy atom. The highest BCUT2D eigenvalue weighted by Gasteiger charge is 2.34. The number of likely N-dealkylation sites (N-methyl/N-ethyl adjacent to an activating group) is 2. The first-order valence-corrected chi connectivity index (χ1v) is 13.1. The molecule has 38 heavy (non-hydrogen) atoms. The second kappa shape index (κ2) is 13.2. The number of benzene rings is 1. The van der Waals surface area contributed by atoms with Crippen LogP contribution in [0.5, 0.6) is 0 Å². The van der Waals surface area contributed by atoms with Gasteiger partial charge in [-0.1, -0.05) is 42.9 Å². The zero-order valence-corrected chi connectivity index (χ0v) is 23.0. The molecule has 206 valence electrons. The van der Waals surface area contributed by atoms with E-state index in [1.165, 1.54) is 18.3 Å². The molecule has 4 N–H and O–H groups in total. The van der Waals surface area contributed by atoms with Gasteiger partial charge in [-0.25, -0.2) is 19.7 Å². The van der Waals surface area contributed by atoms with Gasteiger partial charge in [-0.3, -0.25) is 10.2 Å². The van der Waals surface area contributed by atoms with E-state index in [9.17, 15) is 18.0 Å². The van der Waals surface area contributed by atoms with Crippen molar-refractivity contribution in [1.29, 1.82) is 0 Å². The molecule has 9 nitrogen and oxygen atoms in total. The zero-order chi connectivity index (χ0) is 27.9. The summed E-state index contributed by atoms with van der Waals surface area (Å²) in [5.41, 5.74) is 0.394. The number of halogens is 4. The molecule has 3 rings (SSSR count). The van der Waals surface area contributed by atoms with Crippen molar-refractivity contribution in [2.45, 2.75) is 33.5 Å². The lowest BCUT2D eigenvalue weighted by Gasteiger charge is -2.23. The van der Waals surface area contributed by atoms with E-state index in [1.807, 2.05) is 18.7 Å². The van der Waals surface area contributed by atoms with E-state index >= 15 is 0 Å². The van der Waals surface area contributed by atoms with Crippen LogP contribution in [-0.4, -0.2) is 59.1 Å². The van der Waals surface area contributed by atoms with Crippen LogP contribution in [0.3, 0.4) is 0 Å². The molecule has 0 spiro atoms. The zero-order valence-electron chi connectivity index (χ0n) is 21.5. The number of carbonyl (C=O) groups excluding carboxylic acids is 1. The van der Waals surface area contributed by atoms with Gasteiger partial charge in [0, 0.05) is 32.4 Å². The molecule has 0 saturated carbocycles. The van der Waals surface area contributed by atoms with Crippen LogP contribution in [0.4, 0.5) is 34.7 Å². The van der Waals surface area contributed by atoms with E-state index in [-0.39, 0.29) is 22.9 Å². The maximum absolute atomic E-state index is 13.9. The lowest BCUT2D eigenvalue weighted by Crippen LogP contribution is -2.32. The van der Waals surface area contributed by atoms with E-state index in [0.29, 0.717) is 46.9 Å². The van der Waals surface area contributed by atoms with Gasteiger partial charge in [-0.2, -0.15) is 13.2 Å². The average Bonchev–Trinajstić information content (AvgIpc) is 3.23. The fourth-order valence-corrected chi connectivity index (χ4v) is 4.84. The second-order valence-corrected chi connectivity index (χ2v) is 9.65. The summed E-state index contributed by atoms with van der Waals surface area (Å²) < 4.78 is 41.6. The number of aromatic nitrogens is 3. The number of carbonyl (C=O) groups is 1. The number of aryl methyl sites for hydroxylation is 1. The number of hydrogen-bond donors (Lipinski definition) is 4. The highest BCUT2D eigenvalue weighted by Crippen LogP contribution is 2.36. The van der Waals surface area contributed by atoms with Crippen LogP contribution in [0.1, 0.15) is 30.7 Å². The summed E-state index contributed by atoms with van der Waals surface area (Å²) in [6.07, 6.45) is -3.12. The summed E-state index contributed by atoms with van der Waals surface area (Å²) in [5.74, 6) is 0.369. The molecule has 14 heteroatoms. The predicted octanol–water partition coefficient (Wildman–Crippen LogP) is 5.70. The average molecular weight is 571 g/mol. The van der Waals surface area contributed by atoms with Crippen molar-refractivity contribution in [3.05, 3.63) is 46.2 Å². The third-order valence-corrected chi connectivity index (χ3v) is 6.93. The number of urea groups is 1. The lowest BCUT2D eigenvalue weighted by molar-refractivity contribution is -0.138. The summed E-state index contributed by atoms with van der Waals surface area (Å²) in [6.45, 7) is 8.47. The molecule has 0 fully saturated rings. The topological polar surface area (TPSA) is 107 Å². The van der Waals surface area contributed by atoms with Crippen molar-refractivity contribution in [2.24, 2.45) is 0 Å². The number of hydrogen-bond acceptors (Lipinski definition) is 8. The molecule has 3 aromatic rings. The van der Waals surface area contributed by atoms with Gasteiger partial charge in [0.2, 0.25) is 5.95 Å². The third-order valence-electron chi connectivity index (χ3n) is 5.57. The standard InChI is InChI=1S/C24H30ClF3N8OS/c1-5-30-9-10-36(6-2)13-15-7-8-16(11-17(15)24(26,27)28)33-22(37)35-23-32-14(3)20(38-23)19-18(25)12-31-21(29-4)34-19/h7-8,11-12,30H,5-6,9-10,13H2,1-4H3,(H,29,31,34)(H2,32,33,35,37). The van der Waals surface area contributed by atoms with Gasteiger partial charge >= 0.3 is 12.2 Å². The number of nitrogens with zero attached hydrogens (tertiary/aromatic N) is 4. The van der Waals surface area contributed by atoms with Gasteiger partial charge in [0.1, 0.15) is 5.69 Å². The smallest absolute Gasteiger partial charge is 0.357 e. The van der Waals surface area contributed by atoms with Gasteiger partial charge in [0.25, 0.3) is 0 Å². The molecular weight excluding hydrogens is 541 g/mol. The van der Waals surface area contributed by atoms with Gasteiger partial charge in [-0.15, -0.1) is 0 Å². The van der Waals surface area contributed by atoms with Crippen molar-refractivity contribution in [3.8, 4) is 10.6 Å². The maximum Gasteiger partial charge on any atom is 0.416 e. The minimum absolute atomic E-state index is 0.0141. The Kier molecular flexibility index (Phi) is 10.3. The number of alkyl halides is 3. The summed E-state index contributed by atoms with van der Waals surface area (Å²) in [6, 6.07) is 3.08. The summed E-state index contributed by atoms with van der Waals surface area (Å²) in [7, 11) is 1.67. The highest BCUT2D eigenvalue weighted by atomic mass is 35.5. The number of rotatable bonds is 11. The fraction of sp³-hybridized carbons (Fsp3) is 0.417. The third kappa shape index (κ3) is 7.76. The Balaban J connectivity index is 1.75. The predicted molar refractivity (Wildman–Crippen MR) is 146 cm³/mol. The van der Waals surface area contributed by atoms with Crippen LogP contribution in [0.15, 0.2) is 24.4 Å². The first kappa shape index (κ1) is 29.6. The van der Waals surface area contributed by atoms with Crippen LogP contribution >= 0.6 is 22.9 Å². The van der Waals surface area contributed by atoms with Gasteiger partial charge in [0.15, 0.2) is 5.13 Å². The lowest BCUT2D eigenvalue weighted by atomic mass is 10.1. The quantitative estimate of drug-likeness (QED) is 0.219. The normalized spacial score (nSPS) is 11.6. The molecule has 0 saturated heterocycles. The molecule has 0 atom stereocenters. The molecule has 0 unspecified atom stereocenters. The Morgan fingerprint density at radius 1 is 1.18 bits per heavy atom. The van der Waals surface area contributed by atoms with E-state index in [2.05, 4.69) is 36.2 Å². The molecule has 2 heterocycles. The van der Waals surface area contributed by atoms with Crippen molar-refractivity contribution in [1.82, 2.24) is 25.2 Å². The molecule has 0 radical (unpaired) electrons. The minimum Gasteiger partial charge on any atom is -0.357 e. The monoisotopic (exact) mass is 570 g/mol. The van der Waals surface area contributed by atoms with E-state index in [4.69, 9.17) is 11.6 Å². The van der Waals surface area contributed by atoms with Crippen LogP contribution in [-0.2, 0) is 12.7 Å². The van der Waals surface area contributed by atoms with Crippen LogP contribution < -0.4 is 21.3 Å². The molecule has 2 amide bonds. The Hall–Kier alpha value is -3.00. The van der Waals surface area contributed by atoms with Crippen LogP contribution in [0, 0.1) is 6.92 Å². The number of amides is 2. The van der Waals surface area contributed by atoms with Gasteiger partial charge < -0.3 is 16.0 Å². The Morgan fingerprint density at radius 2 is 1.95 bits per heavy atom. The molecular formula is C24H30ClF3N8OS. The molecule has 2 aromatic heterocycles. The molecule has 0 aliphatic rings. The van der Waals surface area contributed by atoms with Crippen LogP contribution in [0.2, 0.25) is 5.02 Å². The SMILES string of the molecule is CCNCCN(CC)Cc1ccc(NC(=O)Nc2nc(C)c(-c3nc(NC)ncc3Cl)s2)cc1C(F)(F)F. The van der Waals surface area contributed by atoms with Crippen LogP contribution in [0.25, 0.3) is 10.6 Å². The van der Waals surface area contributed by atoms with Gasteiger partial charge in [0.05, 0.1) is 27.4 Å². The molecule has 0 bridgehead atoms. The summed E-state index contributed by atoms with van der Waals surface area (Å²) in [5, 5.41) is 11.6. The van der Waals surface area contributed by atoms with Crippen molar-refractivity contribution < 1.29 is 18.0 Å². The van der Waals surface area contributed by atoms with Crippen molar-refractivity contribution >= 4 is 45.7 Å². The summed E-state index contributed by atoms with van der Waals surface area (Å²) >= 11 is 7.38. The molecule has 1 aromatic carbocycles. The first-order valence-electron chi connectivity index (χ1n) is 11.9. The van der Waals surface area contributed by atoms with Crippen molar-refractivity contribution in [2.75, 3.05) is 49.2 Å². The molecule has 0 aliphatic heterocycles. The van der Waals surface area contributed by atoms with E-state index < -0.39 is 17.8 Å². The Bertz CT molecular complexity index is 1250. The molecule has 0 aliphatic carbocycles. The number of nitrogens with one attached hydrogen (secondary N) is 4. The fourth-order valence-electron chi connectivity index (χ4n) is 3.64. The first-order chi connectivity index (χ1) is 18.0. The van der Waals surface area contributed by atoms with E-state index in [0.717, 1.165) is 23.9 Å².